The molecule has 0 aliphatic rings. The standard InChI is InChI=1S/C3H10BN/c1-3-5-4-2/h4-5H,3H2,1-2H3. The molecule has 0 aromatic carbocycles. The van der Waals surface area contributed by atoms with E-state index in [1.54, 1.807) is 0 Å². The summed E-state index contributed by atoms with van der Waals surface area (Å²) < 4.78 is 0. The molecule has 0 saturated carbocycles. The highest BCUT2D eigenvalue weighted by molar-refractivity contribution is 6.29. The summed E-state index contributed by atoms with van der Waals surface area (Å²) in [6.07, 6.45) is 0. The second kappa shape index (κ2) is 4.02. The SMILES string of the molecule is CBNCC. The summed E-state index contributed by atoms with van der Waals surface area (Å²) in [4.78, 5) is 0. The van der Waals surface area contributed by atoms with Crippen LogP contribution in [0.4, 0.5) is 0 Å². The fourth-order valence-corrected chi connectivity index (χ4v) is 0.250. The number of hydrogen-bond acceptors (Lipinski definition) is 1. The Labute approximate surface area is 34.0 Å². The largest absolute Gasteiger partial charge is 0.359 e. The Morgan fingerprint density at radius 1 is 1.80 bits per heavy atom. The van der Waals surface area contributed by atoms with Gasteiger partial charge in [0.05, 0.1) is 0 Å². The first-order valence-electron chi connectivity index (χ1n) is 2.12. The monoisotopic (exact) mass is 71.1 g/mol. The molecule has 0 aliphatic heterocycles. The minimum atomic E-state index is 1.09. The molecule has 30 valence electrons. The minimum absolute atomic E-state index is 1.09. The molecule has 5 heavy (non-hydrogen) atoms. The highest BCUT2D eigenvalue weighted by Gasteiger charge is 1.67. The van der Waals surface area contributed by atoms with Crippen molar-refractivity contribution in [1.29, 1.82) is 0 Å². The summed E-state index contributed by atoms with van der Waals surface area (Å²) in [5.74, 6) is 0. The lowest BCUT2D eigenvalue weighted by Gasteiger charge is -1.84. The molecular weight excluding hydrogens is 60.9 g/mol. The van der Waals surface area contributed by atoms with Crippen molar-refractivity contribution in [2.75, 3.05) is 6.54 Å². The predicted octanol–water partition coefficient (Wildman–Crippen LogP) is -0.00450. The minimum Gasteiger partial charge on any atom is -0.359 e. The summed E-state index contributed by atoms with van der Waals surface area (Å²) in [7, 11) is 1.09. The zero-order valence-corrected chi connectivity index (χ0v) is 3.91. The molecule has 0 amide bonds. The van der Waals surface area contributed by atoms with Gasteiger partial charge in [0.2, 0.25) is 0 Å². The van der Waals surface area contributed by atoms with E-state index in [0.717, 1.165) is 14.0 Å². The molecule has 0 saturated heterocycles. The fourth-order valence-electron chi connectivity index (χ4n) is 0.250. The lowest BCUT2D eigenvalue weighted by Crippen LogP contribution is -2.13. The van der Waals surface area contributed by atoms with Crippen LogP contribution >= 0.6 is 0 Å². The summed E-state index contributed by atoms with van der Waals surface area (Å²) in [5, 5.41) is 3.11. The first-order chi connectivity index (χ1) is 2.41. The highest BCUT2D eigenvalue weighted by atomic mass is 14.7. The van der Waals surface area contributed by atoms with E-state index in [2.05, 4.69) is 19.0 Å². The van der Waals surface area contributed by atoms with Crippen LogP contribution in [-0.4, -0.2) is 14.0 Å². The van der Waals surface area contributed by atoms with Gasteiger partial charge in [0, 0.05) is 0 Å². The van der Waals surface area contributed by atoms with Crippen LogP contribution in [0.1, 0.15) is 6.92 Å². The molecule has 1 nitrogen and oxygen atoms in total. The van der Waals surface area contributed by atoms with E-state index < -0.39 is 0 Å². The number of hydrogen-bond donors (Lipinski definition) is 1. The van der Waals surface area contributed by atoms with Crippen molar-refractivity contribution in [2.45, 2.75) is 13.7 Å². The molecule has 0 atom stereocenters. The van der Waals surface area contributed by atoms with E-state index in [1.807, 2.05) is 0 Å². The van der Waals surface area contributed by atoms with Crippen molar-refractivity contribution in [1.82, 2.24) is 5.23 Å². The predicted molar refractivity (Wildman–Crippen MR) is 26.7 cm³/mol. The van der Waals surface area contributed by atoms with Gasteiger partial charge in [0.1, 0.15) is 0 Å². The van der Waals surface area contributed by atoms with Crippen LogP contribution in [-0.2, 0) is 0 Å². The normalized spacial score (nSPS) is 7.60. The van der Waals surface area contributed by atoms with Crippen LogP contribution < -0.4 is 5.23 Å². The highest BCUT2D eigenvalue weighted by Crippen LogP contribution is 1.44. The van der Waals surface area contributed by atoms with Gasteiger partial charge in [-0.2, -0.15) is 0 Å². The second-order valence-electron chi connectivity index (χ2n) is 0.957. The molecule has 0 radical (unpaired) electrons. The smallest absolute Gasteiger partial charge is 0.197 e. The Morgan fingerprint density at radius 2 is 2.40 bits per heavy atom. The van der Waals surface area contributed by atoms with E-state index in [4.69, 9.17) is 0 Å². The van der Waals surface area contributed by atoms with Gasteiger partial charge < -0.3 is 5.23 Å². The van der Waals surface area contributed by atoms with Crippen LogP contribution in [0.3, 0.4) is 0 Å². The third-order valence-electron chi connectivity index (χ3n) is 0.500. The Balaban J connectivity index is 2.19. The Bertz CT molecular complexity index is 14.4. The number of nitrogens with one attached hydrogen (secondary N) is 1. The number of rotatable bonds is 2. The quantitative estimate of drug-likeness (QED) is 0.451. The van der Waals surface area contributed by atoms with Crippen molar-refractivity contribution < 1.29 is 0 Å². The van der Waals surface area contributed by atoms with Crippen molar-refractivity contribution >= 4 is 7.41 Å². The summed E-state index contributed by atoms with van der Waals surface area (Å²) >= 11 is 0. The summed E-state index contributed by atoms with van der Waals surface area (Å²) in [6, 6.07) is 0. The van der Waals surface area contributed by atoms with Gasteiger partial charge in [-0.25, -0.2) is 0 Å². The molecule has 2 heteroatoms. The molecule has 0 unspecified atom stereocenters. The average Bonchev–Trinajstić information content (AvgIpc) is 1.41. The van der Waals surface area contributed by atoms with Gasteiger partial charge in [-0.05, 0) is 6.54 Å². The van der Waals surface area contributed by atoms with Crippen LogP contribution in [0.2, 0.25) is 6.82 Å². The zero-order valence-electron chi connectivity index (χ0n) is 3.91. The third-order valence-corrected chi connectivity index (χ3v) is 0.500. The maximum Gasteiger partial charge on any atom is 0.197 e. The molecule has 0 fully saturated rings. The van der Waals surface area contributed by atoms with Crippen LogP contribution in [0.25, 0.3) is 0 Å². The first kappa shape index (κ1) is 5.02. The van der Waals surface area contributed by atoms with Crippen molar-refractivity contribution in [3.05, 3.63) is 0 Å². The van der Waals surface area contributed by atoms with Gasteiger partial charge in [0.15, 0.2) is 7.41 Å². The molecule has 1 N–H and O–H groups in total. The van der Waals surface area contributed by atoms with Crippen molar-refractivity contribution in [3.8, 4) is 0 Å². The average molecular weight is 70.9 g/mol. The van der Waals surface area contributed by atoms with E-state index >= 15 is 0 Å². The van der Waals surface area contributed by atoms with Crippen LogP contribution in [0, 0.1) is 0 Å². The Kier molecular flexibility index (Phi) is 4.05. The fraction of sp³-hybridized carbons (Fsp3) is 1.00. The molecule has 0 aromatic rings. The van der Waals surface area contributed by atoms with Crippen molar-refractivity contribution in [2.24, 2.45) is 0 Å². The third kappa shape index (κ3) is 4.02. The maximum atomic E-state index is 3.11. The van der Waals surface area contributed by atoms with Gasteiger partial charge >= 0.3 is 0 Å². The molecule has 0 bridgehead atoms. The molecule has 0 heterocycles. The summed E-state index contributed by atoms with van der Waals surface area (Å²) in [5.41, 5.74) is 0. The van der Waals surface area contributed by atoms with Gasteiger partial charge in [-0.15, -0.1) is 0 Å². The Hall–Kier alpha value is 0.0249. The summed E-state index contributed by atoms with van der Waals surface area (Å²) in [6.45, 7) is 5.30. The van der Waals surface area contributed by atoms with Gasteiger partial charge in [-0.3, -0.25) is 0 Å². The molecule has 0 spiro atoms. The molecule has 0 rings (SSSR count). The topological polar surface area (TPSA) is 12.0 Å². The van der Waals surface area contributed by atoms with Gasteiger partial charge in [-0.1, -0.05) is 13.7 Å². The van der Waals surface area contributed by atoms with E-state index in [1.165, 1.54) is 0 Å². The Morgan fingerprint density at radius 3 is 2.40 bits per heavy atom. The maximum absolute atomic E-state index is 3.11. The lowest BCUT2D eigenvalue weighted by atomic mass is 10.0. The molecule has 0 aromatic heterocycles. The zero-order chi connectivity index (χ0) is 4.12. The molecular formula is C3H10BN. The van der Waals surface area contributed by atoms with Crippen molar-refractivity contribution in [3.63, 3.8) is 0 Å². The first-order valence-corrected chi connectivity index (χ1v) is 2.12. The van der Waals surface area contributed by atoms with E-state index in [-0.39, 0.29) is 0 Å². The second-order valence-corrected chi connectivity index (χ2v) is 0.957. The van der Waals surface area contributed by atoms with E-state index in [0.29, 0.717) is 0 Å². The van der Waals surface area contributed by atoms with Gasteiger partial charge in [0.25, 0.3) is 0 Å². The van der Waals surface area contributed by atoms with E-state index in [9.17, 15) is 0 Å². The van der Waals surface area contributed by atoms with Crippen LogP contribution in [0.15, 0.2) is 0 Å². The van der Waals surface area contributed by atoms with Crippen LogP contribution in [0.5, 0.6) is 0 Å². The lowest BCUT2D eigenvalue weighted by molar-refractivity contribution is 1.01. The molecule has 0 aliphatic carbocycles.